The molecule has 1 saturated carbocycles. The zero-order valence-corrected chi connectivity index (χ0v) is 16.8. The third kappa shape index (κ3) is 3.37. The van der Waals surface area contributed by atoms with Crippen LogP contribution in [0.3, 0.4) is 0 Å². The quantitative estimate of drug-likeness (QED) is 0.792. The van der Waals surface area contributed by atoms with E-state index in [0.29, 0.717) is 24.2 Å². The number of rotatable bonds is 3. The van der Waals surface area contributed by atoms with Gasteiger partial charge in [0.05, 0.1) is 11.6 Å². The van der Waals surface area contributed by atoms with E-state index in [0.717, 1.165) is 30.0 Å². The van der Waals surface area contributed by atoms with Crippen LogP contribution in [-0.4, -0.2) is 35.5 Å². The summed E-state index contributed by atoms with van der Waals surface area (Å²) < 4.78 is 0. The van der Waals surface area contributed by atoms with Crippen LogP contribution >= 0.6 is 0 Å². The Hall–Kier alpha value is -2.83. The lowest BCUT2D eigenvalue weighted by molar-refractivity contribution is -0.125. The van der Waals surface area contributed by atoms with Crippen molar-refractivity contribution in [3.63, 3.8) is 0 Å². The molecule has 3 N–H and O–H groups in total. The summed E-state index contributed by atoms with van der Waals surface area (Å²) in [7, 11) is 1.81. The maximum Gasteiger partial charge on any atom is 0.234 e. The van der Waals surface area contributed by atoms with Crippen LogP contribution in [0.15, 0.2) is 30.5 Å². The van der Waals surface area contributed by atoms with Gasteiger partial charge in [0, 0.05) is 31.0 Å². The molecule has 0 radical (unpaired) electrons. The molecule has 0 bridgehead atoms. The van der Waals surface area contributed by atoms with E-state index < -0.39 is 5.41 Å². The second-order valence-corrected chi connectivity index (χ2v) is 8.47. The van der Waals surface area contributed by atoms with Gasteiger partial charge < -0.3 is 20.9 Å². The number of hydrogen-bond acceptors (Lipinski definition) is 6. The molecule has 0 spiro atoms. The number of nitrogens with one attached hydrogen (secondary N) is 1. The van der Waals surface area contributed by atoms with Gasteiger partial charge in [0.15, 0.2) is 5.82 Å². The highest BCUT2D eigenvalue weighted by molar-refractivity contribution is 6.00. The molecule has 7 heteroatoms. The summed E-state index contributed by atoms with van der Waals surface area (Å²) >= 11 is 0. The topological polar surface area (TPSA) is 87.4 Å². The van der Waals surface area contributed by atoms with Crippen molar-refractivity contribution < 1.29 is 4.79 Å². The van der Waals surface area contributed by atoms with Crippen LogP contribution in [-0.2, 0) is 4.79 Å². The van der Waals surface area contributed by atoms with E-state index >= 15 is 0 Å². The van der Waals surface area contributed by atoms with E-state index in [4.69, 9.17) is 10.7 Å². The van der Waals surface area contributed by atoms with Crippen molar-refractivity contribution in [1.82, 2.24) is 9.97 Å². The number of aromatic nitrogens is 2. The van der Waals surface area contributed by atoms with Gasteiger partial charge in [-0.25, -0.2) is 4.98 Å². The molecule has 1 fully saturated rings. The van der Waals surface area contributed by atoms with Crippen LogP contribution in [0.1, 0.15) is 39.5 Å². The Morgan fingerprint density at radius 2 is 2.00 bits per heavy atom. The molecule has 148 valence electrons. The highest BCUT2D eigenvalue weighted by Crippen LogP contribution is 2.40. The zero-order valence-electron chi connectivity index (χ0n) is 16.8. The standard InChI is InChI=1S/C21H28N6O/c1-21(2)13-27(16-9-4-5-10-16)18-17(26(3)19(21)28)12-23-20(25-18)24-15-8-6-7-14(22)11-15/h6-8,11-12,16H,4-5,9-10,13,22H2,1-3H3,(H,23,24,25). The number of nitrogens with zero attached hydrogens (tertiary/aromatic N) is 4. The molecule has 0 atom stereocenters. The second kappa shape index (κ2) is 6.96. The molecule has 1 aliphatic heterocycles. The lowest BCUT2D eigenvalue weighted by Crippen LogP contribution is -2.45. The summed E-state index contributed by atoms with van der Waals surface area (Å²) in [6.45, 7) is 4.68. The molecule has 1 aromatic heterocycles. The average molecular weight is 380 g/mol. The molecule has 1 aromatic carbocycles. The first kappa shape index (κ1) is 18.5. The van der Waals surface area contributed by atoms with Crippen LogP contribution in [0, 0.1) is 5.41 Å². The first-order valence-corrected chi connectivity index (χ1v) is 9.89. The number of hydrogen-bond donors (Lipinski definition) is 2. The Balaban J connectivity index is 1.75. The fourth-order valence-corrected chi connectivity index (χ4v) is 4.27. The predicted molar refractivity (Wildman–Crippen MR) is 113 cm³/mol. The van der Waals surface area contributed by atoms with Crippen LogP contribution in [0.2, 0.25) is 0 Å². The normalized spacial score (nSPS) is 19.5. The number of anilines is 5. The minimum atomic E-state index is -0.487. The SMILES string of the molecule is CN1C(=O)C(C)(C)CN(C2CCCC2)c2nc(Nc3cccc(N)c3)ncc21. The minimum Gasteiger partial charge on any atom is -0.399 e. The molecular formula is C21H28N6O. The van der Waals surface area contributed by atoms with Gasteiger partial charge in [-0.2, -0.15) is 4.98 Å². The Kier molecular flexibility index (Phi) is 4.61. The Morgan fingerprint density at radius 3 is 2.71 bits per heavy atom. The highest BCUT2D eigenvalue weighted by atomic mass is 16.2. The van der Waals surface area contributed by atoms with Crippen molar-refractivity contribution in [1.29, 1.82) is 0 Å². The number of amides is 1. The van der Waals surface area contributed by atoms with E-state index in [9.17, 15) is 4.79 Å². The van der Waals surface area contributed by atoms with Crippen molar-refractivity contribution in [2.24, 2.45) is 5.41 Å². The molecule has 1 aliphatic carbocycles. The number of benzene rings is 1. The summed E-state index contributed by atoms with van der Waals surface area (Å²) in [5, 5.41) is 3.24. The van der Waals surface area contributed by atoms with Crippen LogP contribution < -0.4 is 20.9 Å². The first-order chi connectivity index (χ1) is 13.3. The van der Waals surface area contributed by atoms with Gasteiger partial charge in [0.2, 0.25) is 11.9 Å². The predicted octanol–water partition coefficient (Wildman–Crippen LogP) is 3.55. The van der Waals surface area contributed by atoms with Crippen LogP contribution in [0.5, 0.6) is 0 Å². The Morgan fingerprint density at radius 1 is 1.25 bits per heavy atom. The third-order valence-corrected chi connectivity index (χ3v) is 5.74. The maximum atomic E-state index is 13.0. The van der Waals surface area contributed by atoms with E-state index in [1.165, 1.54) is 12.8 Å². The molecule has 1 amide bonds. The molecule has 28 heavy (non-hydrogen) atoms. The smallest absolute Gasteiger partial charge is 0.234 e. The molecule has 7 nitrogen and oxygen atoms in total. The fourth-order valence-electron chi connectivity index (χ4n) is 4.27. The molecule has 2 aliphatic rings. The second-order valence-electron chi connectivity index (χ2n) is 8.47. The average Bonchev–Trinajstić information content (AvgIpc) is 3.17. The van der Waals surface area contributed by atoms with Crippen LogP contribution in [0.25, 0.3) is 0 Å². The van der Waals surface area contributed by atoms with E-state index in [1.807, 2.05) is 45.2 Å². The first-order valence-electron chi connectivity index (χ1n) is 9.89. The van der Waals surface area contributed by atoms with Crippen molar-refractivity contribution in [2.45, 2.75) is 45.6 Å². The largest absolute Gasteiger partial charge is 0.399 e. The molecule has 2 aromatic rings. The summed E-state index contributed by atoms with van der Waals surface area (Å²) in [6.07, 6.45) is 6.46. The van der Waals surface area contributed by atoms with Gasteiger partial charge in [-0.1, -0.05) is 18.9 Å². The van der Waals surface area contributed by atoms with Crippen molar-refractivity contribution in [3.8, 4) is 0 Å². The van der Waals surface area contributed by atoms with E-state index in [-0.39, 0.29) is 5.91 Å². The summed E-state index contributed by atoms with van der Waals surface area (Å²) in [5.41, 5.74) is 7.68. The highest BCUT2D eigenvalue weighted by Gasteiger charge is 2.41. The monoisotopic (exact) mass is 380 g/mol. The lowest BCUT2D eigenvalue weighted by atomic mass is 9.91. The number of nitrogen functional groups attached to an aromatic ring is 1. The van der Waals surface area contributed by atoms with Gasteiger partial charge in [0.1, 0.15) is 5.69 Å². The Bertz CT molecular complexity index is 890. The van der Waals surface area contributed by atoms with Crippen molar-refractivity contribution in [2.75, 3.05) is 34.4 Å². The molecule has 2 heterocycles. The molecule has 0 unspecified atom stereocenters. The zero-order chi connectivity index (χ0) is 19.9. The number of carbonyl (C=O) groups is 1. The van der Waals surface area contributed by atoms with Crippen molar-refractivity contribution >= 4 is 34.7 Å². The van der Waals surface area contributed by atoms with Gasteiger partial charge in [0.25, 0.3) is 0 Å². The Labute approximate surface area is 166 Å². The lowest BCUT2D eigenvalue weighted by Gasteiger charge is -2.34. The molecule has 4 rings (SSSR count). The van der Waals surface area contributed by atoms with Gasteiger partial charge in [-0.15, -0.1) is 0 Å². The van der Waals surface area contributed by atoms with E-state index in [2.05, 4.69) is 15.2 Å². The summed E-state index contributed by atoms with van der Waals surface area (Å²) in [6, 6.07) is 7.92. The maximum absolute atomic E-state index is 13.0. The summed E-state index contributed by atoms with van der Waals surface area (Å²) in [5.74, 6) is 1.43. The number of carbonyl (C=O) groups excluding carboxylic acids is 1. The molecule has 0 saturated heterocycles. The fraction of sp³-hybridized carbons (Fsp3) is 0.476. The van der Waals surface area contributed by atoms with Crippen molar-refractivity contribution in [3.05, 3.63) is 30.5 Å². The van der Waals surface area contributed by atoms with Crippen LogP contribution in [0.4, 0.5) is 28.8 Å². The van der Waals surface area contributed by atoms with Gasteiger partial charge in [-0.05, 0) is 44.9 Å². The van der Waals surface area contributed by atoms with E-state index in [1.54, 1.807) is 11.1 Å². The number of nitrogens with two attached hydrogens (primary N) is 1. The number of fused-ring (bicyclic) bond motifs is 1. The molecular weight excluding hydrogens is 352 g/mol. The van der Waals surface area contributed by atoms with Gasteiger partial charge >= 0.3 is 0 Å². The summed E-state index contributed by atoms with van der Waals surface area (Å²) in [4.78, 5) is 26.4. The van der Waals surface area contributed by atoms with Gasteiger partial charge in [-0.3, -0.25) is 4.79 Å². The third-order valence-electron chi connectivity index (χ3n) is 5.74. The minimum absolute atomic E-state index is 0.0920.